The second-order valence-electron chi connectivity index (χ2n) is 3.38. The molecule has 0 atom stereocenters. The Kier molecular flexibility index (Phi) is 3.57. The normalized spacial score (nSPS) is 11.5. The average Bonchev–Trinajstić information content (AvgIpc) is 2.40. The number of aliphatic hydroxyl groups is 1. The summed E-state index contributed by atoms with van der Waals surface area (Å²) in [7, 11) is 0. The third-order valence-corrected chi connectivity index (χ3v) is 2.26. The molecule has 1 aromatic heterocycles. The van der Waals surface area contributed by atoms with E-state index >= 15 is 0 Å². The molecule has 0 aliphatic carbocycles. The number of aromatic nitrogens is 2. The van der Waals surface area contributed by atoms with Crippen molar-refractivity contribution in [1.29, 1.82) is 0 Å². The minimum Gasteiger partial charge on any atom is -0.392 e. The van der Waals surface area contributed by atoms with Crippen LogP contribution in [0.15, 0.2) is 48.8 Å². The molecule has 1 N–H and O–H groups in total. The van der Waals surface area contributed by atoms with Crippen LogP contribution in [0.2, 0.25) is 0 Å². The molecule has 0 radical (unpaired) electrons. The highest BCUT2D eigenvalue weighted by atomic mass is 19.1. The summed E-state index contributed by atoms with van der Waals surface area (Å²) in [6.07, 6.45) is 4.43. The molecular formula is C13H11FN2O. The Morgan fingerprint density at radius 3 is 2.41 bits per heavy atom. The molecule has 0 bridgehead atoms. The van der Waals surface area contributed by atoms with Crippen LogP contribution in [0, 0.1) is 0 Å². The van der Waals surface area contributed by atoms with Crippen LogP contribution < -0.4 is 0 Å². The lowest BCUT2D eigenvalue weighted by Crippen LogP contribution is -1.87. The SMILES string of the molecule is OC/C=C(/F)c1ccc(-c2ncccn2)cc1. The summed E-state index contributed by atoms with van der Waals surface area (Å²) in [5, 5.41) is 8.59. The first-order chi connectivity index (χ1) is 8.31. The van der Waals surface area contributed by atoms with Gasteiger partial charge in [-0.15, -0.1) is 0 Å². The first-order valence-electron chi connectivity index (χ1n) is 5.15. The number of rotatable bonds is 3. The molecule has 0 saturated carbocycles. The van der Waals surface area contributed by atoms with Crippen LogP contribution in [-0.4, -0.2) is 21.7 Å². The largest absolute Gasteiger partial charge is 0.392 e. The van der Waals surface area contributed by atoms with Crippen molar-refractivity contribution < 1.29 is 9.50 Å². The van der Waals surface area contributed by atoms with E-state index < -0.39 is 5.83 Å². The molecule has 2 aromatic rings. The van der Waals surface area contributed by atoms with Gasteiger partial charge in [0, 0.05) is 23.5 Å². The van der Waals surface area contributed by atoms with E-state index in [2.05, 4.69) is 9.97 Å². The number of hydrogen-bond acceptors (Lipinski definition) is 3. The lowest BCUT2D eigenvalue weighted by Gasteiger charge is -2.01. The van der Waals surface area contributed by atoms with Crippen molar-refractivity contribution >= 4 is 5.83 Å². The number of hydrogen-bond donors (Lipinski definition) is 1. The molecule has 0 amide bonds. The van der Waals surface area contributed by atoms with Gasteiger partial charge in [0.1, 0.15) is 5.83 Å². The monoisotopic (exact) mass is 230 g/mol. The minimum absolute atomic E-state index is 0.310. The summed E-state index contributed by atoms with van der Waals surface area (Å²) < 4.78 is 13.3. The van der Waals surface area contributed by atoms with Crippen molar-refractivity contribution in [1.82, 2.24) is 9.97 Å². The highest BCUT2D eigenvalue weighted by molar-refractivity contribution is 5.63. The maximum Gasteiger partial charge on any atom is 0.159 e. The molecule has 0 spiro atoms. The fraction of sp³-hybridized carbons (Fsp3) is 0.0769. The Morgan fingerprint density at radius 2 is 1.82 bits per heavy atom. The molecule has 86 valence electrons. The van der Waals surface area contributed by atoms with Gasteiger partial charge in [-0.25, -0.2) is 14.4 Å². The molecule has 17 heavy (non-hydrogen) atoms. The molecule has 1 aromatic carbocycles. The summed E-state index contributed by atoms with van der Waals surface area (Å²) in [6.45, 7) is -0.310. The third-order valence-electron chi connectivity index (χ3n) is 2.26. The highest BCUT2D eigenvalue weighted by Crippen LogP contribution is 2.20. The predicted molar refractivity (Wildman–Crippen MR) is 63.6 cm³/mol. The van der Waals surface area contributed by atoms with Crippen molar-refractivity contribution in [2.45, 2.75) is 0 Å². The van der Waals surface area contributed by atoms with Crippen molar-refractivity contribution in [3.05, 3.63) is 54.4 Å². The van der Waals surface area contributed by atoms with Crippen LogP contribution in [0.4, 0.5) is 4.39 Å². The molecule has 2 rings (SSSR count). The fourth-order valence-electron chi connectivity index (χ4n) is 1.42. The van der Waals surface area contributed by atoms with Gasteiger partial charge in [0.2, 0.25) is 0 Å². The van der Waals surface area contributed by atoms with Gasteiger partial charge in [-0.3, -0.25) is 0 Å². The van der Waals surface area contributed by atoms with Crippen molar-refractivity contribution in [3.63, 3.8) is 0 Å². The van der Waals surface area contributed by atoms with E-state index in [4.69, 9.17) is 5.11 Å². The van der Waals surface area contributed by atoms with Crippen LogP contribution in [0.25, 0.3) is 17.2 Å². The summed E-state index contributed by atoms with van der Waals surface area (Å²) in [4.78, 5) is 8.20. The lowest BCUT2D eigenvalue weighted by molar-refractivity contribution is 0.342. The number of nitrogens with zero attached hydrogens (tertiary/aromatic N) is 2. The molecule has 0 aliphatic heterocycles. The van der Waals surface area contributed by atoms with E-state index in [1.807, 2.05) is 0 Å². The smallest absolute Gasteiger partial charge is 0.159 e. The van der Waals surface area contributed by atoms with Gasteiger partial charge < -0.3 is 5.11 Å². The van der Waals surface area contributed by atoms with Gasteiger partial charge in [0.25, 0.3) is 0 Å². The maximum atomic E-state index is 13.3. The zero-order chi connectivity index (χ0) is 12.1. The summed E-state index contributed by atoms with van der Waals surface area (Å²) in [5.74, 6) is 0.165. The van der Waals surface area contributed by atoms with Gasteiger partial charge in [-0.2, -0.15) is 0 Å². The number of benzene rings is 1. The van der Waals surface area contributed by atoms with Gasteiger partial charge in [0.05, 0.1) is 6.61 Å². The van der Waals surface area contributed by atoms with Crippen molar-refractivity contribution in [2.24, 2.45) is 0 Å². The van der Waals surface area contributed by atoms with Gasteiger partial charge in [-0.1, -0.05) is 24.3 Å². The minimum atomic E-state index is -0.437. The lowest BCUT2D eigenvalue weighted by atomic mass is 10.1. The zero-order valence-corrected chi connectivity index (χ0v) is 9.05. The number of aliphatic hydroxyl groups excluding tert-OH is 1. The molecule has 1 heterocycles. The Labute approximate surface area is 98.3 Å². The maximum absolute atomic E-state index is 13.3. The van der Waals surface area contributed by atoms with Gasteiger partial charge in [0.15, 0.2) is 5.82 Å². The Balaban J connectivity index is 2.28. The standard InChI is InChI=1S/C13H11FN2O/c14-12(6-9-17)10-2-4-11(5-3-10)13-15-7-1-8-16-13/h1-8,17H,9H2/b12-6+. The van der Waals surface area contributed by atoms with Gasteiger partial charge >= 0.3 is 0 Å². The zero-order valence-electron chi connectivity index (χ0n) is 9.05. The van der Waals surface area contributed by atoms with Crippen LogP contribution in [0.3, 0.4) is 0 Å². The average molecular weight is 230 g/mol. The Morgan fingerprint density at radius 1 is 1.18 bits per heavy atom. The summed E-state index contributed by atoms with van der Waals surface area (Å²) in [5.41, 5.74) is 1.25. The van der Waals surface area contributed by atoms with E-state index in [0.717, 1.165) is 11.6 Å². The van der Waals surface area contributed by atoms with E-state index in [-0.39, 0.29) is 6.61 Å². The molecular weight excluding hydrogens is 219 g/mol. The summed E-state index contributed by atoms with van der Waals surface area (Å²) >= 11 is 0. The molecule has 3 nitrogen and oxygen atoms in total. The van der Waals surface area contributed by atoms with Crippen LogP contribution in [0.5, 0.6) is 0 Å². The van der Waals surface area contributed by atoms with Crippen LogP contribution >= 0.6 is 0 Å². The first kappa shape index (κ1) is 11.4. The molecule has 4 heteroatoms. The quantitative estimate of drug-likeness (QED) is 0.880. The van der Waals surface area contributed by atoms with Crippen LogP contribution in [-0.2, 0) is 0 Å². The molecule has 0 saturated heterocycles. The van der Waals surface area contributed by atoms with E-state index in [1.54, 1.807) is 42.7 Å². The fourth-order valence-corrected chi connectivity index (χ4v) is 1.42. The number of halogens is 1. The highest BCUT2D eigenvalue weighted by Gasteiger charge is 2.02. The van der Waals surface area contributed by atoms with Gasteiger partial charge in [-0.05, 0) is 12.1 Å². The Bertz CT molecular complexity index is 509. The topological polar surface area (TPSA) is 46.0 Å². The van der Waals surface area contributed by atoms with Crippen molar-refractivity contribution in [3.8, 4) is 11.4 Å². The van der Waals surface area contributed by atoms with E-state index in [0.29, 0.717) is 11.4 Å². The second kappa shape index (κ2) is 5.32. The molecule has 0 aliphatic rings. The first-order valence-corrected chi connectivity index (χ1v) is 5.15. The van der Waals surface area contributed by atoms with Crippen LogP contribution in [0.1, 0.15) is 5.56 Å². The summed E-state index contributed by atoms with van der Waals surface area (Å²) in [6, 6.07) is 8.49. The predicted octanol–water partition coefficient (Wildman–Crippen LogP) is 2.45. The van der Waals surface area contributed by atoms with E-state index in [1.165, 1.54) is 0 Å². The second-order valence-corrected chi connectivity index (χ2v) is 3.38. The van der Waals surface area contributed by atoms with E-state index in [9.17, 15) is 4.39 Å². The molecule has 0 unspecified atom stereocenters. The molecule has 0 fully saturated rings. The Hall–Kier alpha value is -2.07. The van der Waals surface area contributed by atoms with Crippen molar-refractivity contribution in [2.75, 3.05) is 6.61 Å². The third kappa shape index (κ3) is 2.73.